The maximum Gasteiger partial charge on any atom is 0.241 e. The van der Waals surface area contributed by atoms with Crippen LogP contribution in [0.15, 0.2) is 0 Å². The van der Waals surface area contributed by atoms with Crippen molar-refractivity contribution < 1.29 is 19.6 Å². The summed E-state index contributed by atoms with van der Waals surface area (Å²) in [5.74, 6) is 0. The molecule has 0 atom stereocenters. The molecule has 0 spiro atoms. The Balaban J connectivity index is 2.95. The first kappa shape index (κ1) is 8.05. The van der Waals surface area contributed by atoms with E-state index in [1.165, 1.54) is 0 Å². The molecular weight excluding hydrogens is 158 g/mol. The molecule has 0 aliphatic rings. The predicted octanol–water partition coefficient (Wildman–Crippen LogP) is 0.143. The molecule has 0 aromatic rings. The zero-order chi connectivity index (χ0) is 5.86. The van der Waals surface area contributed by atoms with Crippen LogP contribution in [0.2, 0.25) is 0 Å². The molecular formula is H4O4P2S. The van der Waals surface area contributed by atoms with Crippen molar-refractivity contribution in [1.82, 2.24) is 0 Å². The van der Waals surface area contributed by atoms with E-state index in [1.807, 2.05) is 0 Å². The molecule has 0 saturated heterocycles. The summed E-state index contributed by atoms with van der Waals surface area (Å²) in [6.45, 7) is 0. The van der Waals surface area contributed by atoms with Gasteiger partial charge in [0.1, 0.15) is 0 Å². The Kier molecular flexibility index (Phi) is 4.58. The average Bonchev–Trinajstić information content (AvgIpc) is 1.27. The third-order valence-electron chi connectivity index (χ3n) is 0.146. The molecule has 0 heterocycles. The fourth-order valence-corrected chi connectivity index (χ4v) is 1.76. The predicted molar refractivity (Wildman–Crippen MR) is 30.3 cm³/mol. The lowest BCUT2D eigenvalue weighted by Gasteiger charge is -1.98. The lowest BCUT2D eigenvalue weighted by molar-refractivity contribution is 0.501. The Hall–Kier alpha value is 1.05. The van der Waals surface area contributed by atoms with Gasteiger partial charge in [-0.1, -0.05) is 0 Å². The van der Waals surface area contributed by atoms with Crippen LogP contribution in [0.3, 0.4) is 0 Å². The van der Waals surface area contributed by atoms with Crippen LogP contribution < -0.4 is 0 Å². The lowest BCUT2D eigenvalue weighted by atomic mass is 15.9. The summed E-state index contributed by atoms with van der Waals surface area (Å²) >= 11 is 0.361. The molecule has 0 aromatic heterocycles. The minimum absolute atomic E-state index is 0.361. The number of hydrogen-bond donors (Lipinski definition) is 4. The van der Waals surface area contributed by atoms with Crippen LogP contribution >= 0.6 is 26.2 Å². The Morgan fingerprint density at radius 3 is 1.14 bits per heavy atom. The fraction of sp³-hybridized carbons (Fsp3) is 0. The molecule has 4 N–H and O–H groups in total. The van der Waals surface area contributed by atoms with Gasteiger partial charge in [-0.05, 0) is 0 Å². The summed E-state index contributed by atoms with van der Waals surface area (Å²) in [6.07, 6.45) is 0. The summed E-state index contributed by atoms with van der Waals surface area (Å²) in [5.41, 5.74) is 0. The van der Waals surface area contributed by atoms with Gasteiger partial charge in [-0.2, -0.15) is 0 Å². The van der Waals surface area contributed by atoms with Gasteiger partial charge in [-0.3, -0.25) is 0 Å². The Bertz CT molecular complexity index is 39.0. The molecule has 7 heavy (non-hydrogen) atoms. The summed E-state index contributed by atoms with van der Waals surface area (Å²) in [7, 11) is -4.39. The van der Waals surface area contributed by atoms with E-state index in [1.54, 1.807) is 0 Å². The highest BCUT2D eigenvalue weighted by molar-refractivity contribution is 8.81. The van der Waals surface area contributed by atoms with Crippen LogP contribution in [-0.4, -0.2) is 19.6 Å². The van der Waals surface area contributed by atoms with E-state index >= 15 is 0 Å². The van der Waals surface area contributed by atoms with Gasteiger partial charge in [0, 0.05) is 11.0 Å². The summed E-state index contributed by atoms with van der Waals surface area (Å²) < 4.78 is 0. The first-order chi connectivity index (χ1) is 3.13. The smallest absolute Gasteiger partial charge is 0.241 e. The summed E-state index contributed by atoms with van der Waals surface area (Å²) in [5, 5.41) is 0. The van der Waals surface area contributed by atoms with E-state index in [4.69, 9.17) is 19.6 Å². The second-order valence-electron chi connectivity index (χ2n) is 0.587. The standard InChI is InChI=1S/H4O4P2S/c1-5(2)7-6(3)4/h1-4H. The van der Waals surface area contributed by atoms with Crippen LogP contribution in [0.5, 0.6) is 0 Å². The Labute approximate surface area is 46.5 Å². The van der Waals surface area contributed by atoms with E-state index in [2.05, 4.69) is 0 Å². The molecule has 0 bridgehead atoms. The van der Waals surface area contributed by atoms with Crippen molar-refractivity contribution in [2.24, 2.45) is 0 Å². The largest absolute Gasteiger partial charge is 0.342 e. The molecule has 0 amide bonds. The van der Waals surface area contributed by atoms with Crippen LogP contribution in [0.25, 0.3) is 0 Å². The van der Waals surface area contributed by atoms with E-state index in [0.29, 0.717) is 11.0 Å². The second kappa shape index (κ2) is 3.98. The molecule has 0 aliphatic carbocycles. The lowest BCUT2D eigenvalue weighted by Crippen LogP contribution is -1.58. The van der Waals surface area contributed by atoms with Crippen molar-refractivity contribution in [3.05, 3.63) is 0 Å². The Morgan fingerprint density at radius 1 is 0.857 bits per heavy atom. The fourth-order valence-electron chi connectivity index (χ4n) is 0.0653. The van der Waals surface area contributed by atoms with Crippen molar-refractivity contribution >= 4 is 26.2 Å². The van der Waals surface area contributed by atoms with E-state index in [9.17, 15) is 0 Å². The summed E-state index contributed by atoms with van der Waals surface area (Å²) in [6, 6.07) is 0. The highest BCUT2D eigenvalue weighted by Crippen LogP contribution is 2.59. The van der Waals surface area contributed by atoms with Crippen molar-refractivity contribution in [2.75, 3.05) is 0 Å². The van der Waals surface area contributed by atoms with Gasteiger partial charge < -0.3 is 19.6 Å². The van der Waals surface area contributed by atoms with Crippen LogP contribution in [0.4, 0.5) is 0 Å². The number of rotatable bonds is 2. The highest BCUT2D eigenvalue weighted by atomic mass is 33.1. The molecule has 0 rings (SSSR count). The third kappa shape index (κ3) is 7.05. The normalized spacial score (nSPS) is 11.1. The van der Waals surface area contributed by atoms with Crippen molar-refractivity contribution in [3.8, 4) is 0 Å². The second-order valence-corrected chi connectivity index (χ2v) is 5.68. The highest BCUT2D eigenvalue weighted by Gasteiger charge is 2.06. The summed E-state index contributed by atoms with van der Waals surface area (Å²) in [4.78, 5) is 32.0. The Morgan fingerprint density at radius 2 is 1.14 bits per heavy atom. The molecule has 0 radical (unpaired) electrons. The first-order valence-corrected chi connectivity index (χ1v) is 5.69. The van der Waals surface area contributed by atoms with Crippen LogP contribution in [0, 0.1) is 0 Å². The minimum Gasteiger partial charge on any atom is -0.342 e. The molecule has 0 saturated carbocycles. The molecule has 44 valence electrons. The molecule has 4 nitrogen and oxygen atoms in total. The zero-order valence-electron chi connectivity index (χ0n) is 3.09. The van der Waals surface area contributed by atoms with Crippen molar-refractivity contribution in [3.63, 3.8) is 0 Å². The maximum absolute atomic E-state index is 8.00. The topological polar surface area (TPSA) is 80.9 Å². The van der Waals surface area contributed by atoms with Gasteiger partial charge in [-0.25, -0.2) is 0 Å². The average molecular weight is 162 g/mol. The minimum atomic E-state index is -2.19. The van der Waals surface area contributed by atoms with Gasteiger partial charge in [-0.15, -0.1) is 0 Å². The van der Waals surface area contributed by atoms with Gasteiger partial charge in [0.2, 0.25) is 15.2 Å². The molecule has 7 heteroatoms. The van der Waals surface area contributed by atoms with Crippen molar-refractivity contribution in [1.29, 1.82) is 0 Å². The quantitative estimate of drug-likeness (QED) is 0.434. The monoisotopic (exact) mass is 162 g/mol. The third-order valence-corrected chi connectivity index (χ3v) is 3.94. The van der Waals surface area contributed by atoms with E-state index in [0.717, 1.165) is 0 Å². The van der Waals surface area contributed by atoms with Gasteiger partial charge in [0.15, 0.2) is 0 Å². The molecule has 0 fully saturated rings. The maximum atomic E-state index is 8.00. The van der Waals surface area contributed by atoms with Crippen LogP contribution in [0.1, 0.15) is 0 Å². The first-order valence-electron chi connectivity index (χ1n) is 1.17. The molecule has 0 unspecified atom stereocenters. The zero-order valence-corrected chi connectivity index (χ0v) is 5.70. The van der Waals surface area contributed by atoms with Crippen LogP contribution in [-0.2, 0) is 0 Å². The number of hydrogen-bond acceptors (Lipinski definition) is 5. The van der Waals surface area contributed by atoms with E-state index < -0.39 is 15.2 Å². The van der Waals surface area contributed by atoms with E-state index in [-0.39, 0.29) is 0 Å². The SMILES string of the molecule is OP(O)SP(O)O. The molecule has 0 aliphatic heterocycles. The van der Waals surface area contributed by atoms with Gasteiger partial charge in [0.05, 0.1) is 0 Å². The van der Waals surface area contributed by atoms with Gasteiger partial charge in [0.25, 0.3) is 0 Å². The van der Waals surface area contributed by atoms with Gasteiger partial charge >= 0.3 is 0 Å². The van der Waals surface area contributed by atoms with Crippen molar-refractivity contribution in [2.45, 2.75) is 0 Å². The molecule has 0 aromatic carbocycles.